The van der Waals surface area contributed by atoms with Gasteiger partial charge >= 0.3 is 0 Å². The van der Waals surface area contributed by atoms with E-state index in [2.05, 4.69) is 31.1 Å². The minimum atomic E-state index is -0.0183. The van der Waals surface area contributed by atoms with Gasteiger partial charge < -0.3 is 4.90 Å². The van der Waals surface area contributed by atoms with Crippen LogP contribution in [0.5, 0.6) is 0 Å². The third-order valence-corrected chi connectivity index (χ3v) is 5.58. The number of likely N-dealkylation sites (N-methyl/N-ethyl adjacent to an activating group) is 1. The largest absolute Gasteiger partial charge is 0.341 e. The van der Waals surface area contributed by atoms with Gasteiger partial charge in [-0.05, 0) is 38.2 Å². The van der Waals surface area contributed by atoms with Crippen molar-refractivity contribution < 1.29 is 4.79 Å². The first-order valence-electron chi connectivity index (χ1n) is 9.43. The van der Waals surface area contributed by atoms with Gasteiger partial charge in [-0.25, -0.2) is 0 Å². The number of benzene rings is 1. The molecule has 0 radical (unpaired) electrons. The molecule has 0 unspecified atom stereocenters. The van der Waals surface area contributed by atoms with Gasteiger partial charge in [-0.3, -0.25) is 9.48 Å². The monoisotopic (exact) mass is 339 g/mol. The Balaban J connectivity index is 1.80. The molecule has 1 atom stereocenters. The maximum atomic E-state index is 13.3. The Hall–Kier alpha value is -2.10. The van der Waals surface area contributed by atoms with Crippen molar-refractivity contribution in [3.05, 3.63) is 53.3 Å². The van der Waals surface area contributed by atoms with Gasteiger partial charge in [0.15, 0.2) is 0 Å². The predicted molar refractivity (Wildman–Crippen MR) is 100 cm³/mol. The fourth-order valence-electron chi connectivity index (χ4n) is 4.10. The first-order valence-corrected chi connectivity index (χ1v) is 9.43. The highest BCUT2D eigenvalue weighted by atomic mass is 16.2. The predicted octanol–water partition coefficient (Wildman–Crippen LogP) is 4.14. The second-order valence-corrected chi connectivity index (χ2v) is 7.20. The van der Waals surface area contributed by atoms with E-state index in [-0.39, 0.29) is 11.8 Å². The van der Waals surface area contributed by atoms with E-state index in [0.29, 0.717) is 12.5 Å². The van der Waals surface area contributed by atoms with Crippen LogP contribution in [0.2, 0.25) is 0 Å². The van der Waals surface area contributed by atoms with Gasteiger partial charge in [0.2, 0.25) is 5.91 Å². The molecular weight excluding hydrogens is 310 g/mol. The van der Waals surface area contributed by atoms with Crippen LogP contribution < -0.4 is 0 Å². The second kappa shape index (κ2) is 7.85. The van der Waals surface area contributed by atoms with Gasteiger partial charge in [-0.2, -0.15) is 5.10 Å². The molecule has 0 N–H and O–H groups in total. The lowest BCUT2D eigenvalue weighted by Crippen LogP contribution is -2.34. The summed E-state index contributed by atoms with van der Waals surface area (Å²) in [6, 6.07) is 10.3. The van der Waals surface area contributed by atoms with Crippen molar-refractivity contribution in [1.82, 2.24) is 14.7 Å². The van der Waals surface area contributed by atoms with Gasteiger partial charge in [0.1, 0.15) is 0 Å². The van der Waals surface area contributed by atoms with Gasteiger partial charge in [0, 0.05) is 31.4 Å². The normalized spacial score (nSPS) is 16.1. The lowest BCUT2D eigenvalue weighted by Gasteiger charge is -2.28. The van der Waals surface area contributed by atoms with Crippen molar-refractivity contribution in [3.63, 3.8) is 0 Å². The summed E-state index contributed by atoms with van der Waals surface area (Å²) in [4.78, 5) is 15.2. The highest BCUT2D eigenvalue weighted by Crippen LogP contribution is 2.38. The number of hydrogen-bond donors (Lipinski definition) is 0. The maximum Gasteiger partial charge on any atom is 0.230 e. The fourth-order valence-corrected chi connectivity index (χ4v) is 4.10. The molecule has 3 rings (SSSR count). The lowest BCUT2D eigenvalue weighted by atomic mass is 9.83. The molecule has 25 heavy (non-hydrogen) atoms. The average molecular weight is 339 g/mol. The fraction of sp³-hybridized carbons (Fsp3) is 0.524. The number of amides is 1. The Labute approximate surface area is 150 Å². The summed E-state index contributed by atoms with van der Waals surface area (Å²) >= 11 is 0. The zero-order chi connectivity index (χ0) is 17.8. The molecule has 1 fully saturated rings. The van der Waals surface area contributed by atoms with Crippen LogP contribution >= 0.6 is 0 Å². The molecule has 0 spiro atoms. The quantitative estimate of drug-likeness (QED) is 0.793. The van der Waals surface area contributed by atoms with Gasteiger partial charge in [-0.1, -0.05) is 43.2 Å². The zero-order valence-electron chi connectivity index (χ0n) is 15.6. The maximum absolute atomic E-state index is 13.3. The Kier molecular flexibility index (Phi) is 5.57. The van der Waals surface area contributed by atoms with Crippen LogP contribution in [0.15, 0.2) is 36.5 Å². The van der Waals surface area contributed by atoms with Gasteiger partial charge in [0.25, 0.3) is 0 Å². The zero-order valence-corrected chi connectivity index (χ0v) is 15.6. The van der Waals surface area contributed by atoms with Crippen molar-refractivity contribution >= 4 is 5.91 Å². The SMILES string of the molecule is CCn1ncc(CN(C)C(=O)[C@H](c2ccccc2)C2CCCC2)c1C. The Morgan fingerprint density at radius 1 is 1.28 bits per heavy atom. The molecule has 1 aliphatic rings. The van der Waals surface area contributed by atoms with Crippen LogP contribution in [-0.4, -0.2) is 27.6 Å². The van der Waals surface area contributed by atoms with E-state index < -0.39 is 0 Å². The lowest BCUT2D eigenvalue weighted by molar-refractivity contribution is -0.133. The Morgan fingerprint density at radius 3 is 2.56 bits per heavy atom. The number of carbonyl (C=O) groups excluding carboxylic acids is 1. The molecule has 0 aliphatic heterocycles. The molecule has 1 aromatic heterocycles. The number of hydrogen-bond acceptors (Lipinski definition) is 2. The molecule has 2 aromatic rings. The molecule has 1 aromatic carbocycles. The highest BCUT2D eigenvalue weighted by molar-refractivity contribution is 5.84. The molecular formula is C21H29N3O. The van der Waals surface area contributed by atoms with Crippen molar-refractivity contribution in [2.24, 2.45) is 5.92 Å². The molecule has 1 heterocycles. The van der Waals surface area contributed by atoms with Crippen LogP contribution in [0.3, 0.4) is 0 Å². The molecule has 4 nitrogen and oxygen atoms in total. The van der Waals surface area contributed by atoms with Crippen molar-refractivity contribution in [3.8, 4) is 0 Å². The molecule has 134 valence electrons. The van der Waals surface area contributed by atoms with E-state index in [1.165, 1.54) is 12.8 Å². The van der Waals surface area contributed by atoms with Crippen molar-refractivity contribution in [2.45, 2.75) is 58.5 Å². The van der Waals surface area contributed by atoms with E-state index in [4.69, 9.17) is 0 Å². The Bertz CT molecular complexity index is 701. The van der Waals surface area contributed by atoms with Crippen molar-refractivity contribution in [1.29, 1.82) is 0 Å². The number of rotatable bonds is 6. The summed E-state index contributed by atoms with van der Waals surface area (Å²) in [6.07, 6.45) is 6.70. The second-order valence-electron chi connectivity index (χ2n) is 7.20. The van der Waals surface area contributed by atoms with Crippen LogP contribution in [0.1, 0.15) is 55.3 Å². The molecule has 0 saturated heterocycles. The third kappa shape index (κ3) is 3.78. The summed E-state index contributed by atoms with van der Waals surface area (Å²) in [5, 5.41) is 4.41. The van der Waals surface area contributed by atoms with Crippen LogP contribution in [0, 0.1) is 12.8 Å². The molecule has 4 heteroatoms. The van der Waals surface area contributed by atoms with Gasteiger partial charge in [-0.15, -0.1) is 0 Å². The highest BCUT2D eigenvalue weighted by Gasteiger charge is 2.33. The summed E-state index contributed by atoms with van der Waals surface area (Å²) in [7, 11) is 1.93. The van der Waals surface area contributed by atoms with Crippen LogP contribution in [0.4, 0.5) is 0 Å². The summed E-state index contributed by atoms with van der Waals surface area (Å²) in [5.74, 6) is 0.689. The summed E-state index contributed by atoms with van der Waals surface area (Å²) in [5.41, 5.74) is 3.45. The number of nitrogens with zero attached hydrogens (tertiary/aromatic N) is 3. The third-order valence-electron chi connectivity index (χ3n) is 5.58. The first kappa shape index (κ1) is 17.7. The average Bonchev–Trinajstić information content (AvgIpc) is 3.27. The van der Waals surface area contributed by atoms with E-state index in [1.807, 2.05) is 41.0 Å². The summed E-state index contributed by atoms with van der Waals surface area (Å²) in [6.45, 7) is 5.65. The molecule has 1 aliphatic carbocycles. The smallest absolute Gasteiger partial charge is 0.230 e. The topological polar surface area (TPSA) is 38.1 Å². The van der Waals surface area contributed by atoms with Crippen LogP contribution in [0.25, 0.3) is 0 Å². The van der Waals surface area contributed by atoms with E-state index >= 15 is 0 Å². The summed E-state index contributed by atoms with van der Waals surface area (Å²) < 4.78 is 1.99. The molecule has 0 bridgehead atoms. The number of aromatic nitrogens is 2. The van der Waals surface area contributed by atoms with E-state index in [0.717, 1.165) is 36.2 Å². The van der Waals surface area contributed by atoms with Crippen molar-refractivity contribution in [2.75, 3.05) is 7.05 Å². The number of aryl methyl sites for hydroxylation is 1. The molecule has 1 saturated carbocycles. The standard InChI is InChI=1S/C21H29N3O/c1-4-24-16(2)19(14-22-24)15-23(3)21(25)20(18-12-8-9-13-18)17-10-6-5-7-11-17/h5-7,10-11,14,18,20H,4,8-9,12-13,15H2,1-3H3/t20-/m1/s1. The minimum absolute atomic E-state index is 0.0183. The van der Waals surface area contributed by atoms with Gasteiger partial charge in [0.05, 0.1) is 12.1 Å². The first-order chi connectivity index (χ1) is 12.1. The molecule has 1 amide bonds. The van der Waals surface area contributed by atoms with Crippen LogP contribution in [-0.2, 0) is 17.9 Å². The Morgan fingerprint density at radius 2 is 1.96 bits per heavy atom. The van der Waals surface area contributed by atoms with E-state index in [1.54, 1.807) is 0 Å². The minimum Gasteiger partial charge on any atom is -0.341 e. The number of carbonyl (C=O) groups is 1. The van der Waals surface area contributed by atoms with E-state index in [9.17, 15) is 4.79 Å².